The van der Waals surface area contributed by atoms with Gasteiger partial charge < -0.3 is 25.1 Å². The lowest BCUT2D eigenvalue weighted by Gasteiger charge is -2.10. The van der Waals surface area contributed by atoms with Gasteiger partial charge in [0.25, 0.3) is 0 Å². The van der Waals surface area contributed by atoms with Crippen LogP contribution in [0.5, 0.6) is 11.5 Å². The first-order chi connectivity index (χ1) is 13.4. The number of nitrogens with two attached hydrogens (primary N) is 1. The lowest BCUT2D eigenvalue weighted by atomic mass is 10.3. The fourth-order valence-corrected chi connectivity index (χ4v) is 4.25. The molecule has 1 aromatic carbocycles. The van der Waals surface area contributed by atoms with Crippen molar-refractivity contribution in [2.24, 2.45) is 5.73 Å². The van der Waals surface area contributed by atoms with Gasteiger partial charge >= 0.3 is 0 Å². The van der Waals surface area contributed by atoms with Crippen molar-refractivity contribution in [1.29, 1.82) is 0 Å². The molecule has 1 aromatic heterocycles. The maximum atomic E-state index is 11.3. The van der Waals surface area contributed by atoms with Crippen molar-refractivity contribution < 1.29 is 14.3 Å². The summed E-state index contributed by atoms with van der Waals surface area (Å²) in [5.74, 6) is 1.32. The molecule has 0 radical (unpaired) electrons. The largest absolute Gasteiger partial charge is 0.454 e. The molecule has 2 aromatic rings. The number of carbonyl (C=O) groups excluding carboxylic acids is 1. The zero-order valence-corrected chi connectivity index (χ0v) is 18.0. The van der Waals surface area contributed by atoms with E-state index in [4.69, 9.17) is 20.2 Å². The van der Waals surface area contributed by atoms with Gasteiger partial charge in [0.05, 0.1) is 5.35 Å². The minimum absolute atomic E-state index is 0.0797. The standard InChI is InChI=1S/C19H21BrN4O3S/c1-4-5-14-18(11(2)21)23-19(24(14)7-6-22-12(3)25)28-17-9-16-15(8-13(17)20)26-10-27-16/h4-5,8-9H,1,6-7,10,21H2,2-3H3,(H,22,25)/b14-5+,18-11-. The van der Waals surface area contributed by atoms with Gasteiger partial charge in [0.1, 0.15) is 5.35 Å². The van der Waals surface area contributed by atoms with Crippen LogP contribution in [0.4, 0.5) is 0 Å². The van der Waals surface area contributed by atoms with Gasteiger partial charge in [-0.1, -0.05) is 24.4 Å². The Kier molecular flexibility index (Phi) is 6.35. The van der Waals surface area contributed by atoms with Gasteiger partial charge in [-0.15, -0.1) is 0 Å². The predicted octanol–water partition coefficient (Wildman–Crippen LogP) is 1.71. The smallest absolute Gasteiger partial charge is 0.231 e. The highest BCUT2D eigenvalue weighted by molar-refractivity contribution is 9.10. The molecule has 0 unspecified atom stereocenters. The number of allylic oxidation sites excluding steroid dienone is 1. The first-order valence-electron chi connectivity index (χ1n) is 8.57. The average molecular weight is 465 g/mol. The highest BCUT2D eigenvalue weighted by Gasteiger charge is 2.19. The van der Waals surface area contributed by atoms with E-state index in [-0.39, 0.29) is 12.7 Å². The second-order valence-corrected chi connectivity index (χ2v) is 7.95. The molecule has 148 valence electrons. The number of amides is 1. The minimum Gasteiger partial charge on any atom is -0.454 e. The average Bonchev–Trinajstić information content (AvgIpc) is 3.21. The van der Waals surface area contributed by atoms with E-state index in [1.807, 2.05) is 29.7 Å². The molecule has 0 bridgehead atoms. The number of nitrogens with one attached hydrogen (secondary N) is 1. The van der Waals surface area contributed by atoms with Crippen LogP contribution in [0.25, 0.3) is 11.8 Å². The van der Waals surface area contributed by atoms with Crippen LogP contribution in [-0.4, -0.2) is 28.8 Å². The monoisotopic (exact) mass is 464 g/mol. The Labute approximate surface area is 175 Å². The number of ether oxygens (including phenoxy) is 2. The normalized spacial score (nSPS) is 14.2. The molecule has 0 aliphatic carbocycles. The summed E-state index contributed by atoms with van der Waals surface area (Å²) in [5, 5.41) is 5.11. The topological polar surface area (TPSA) is 91.4 Å². The number of hydrogen-bond acceptors (Lipinski definition) is 6. The third-order valence-electron chi connectivity index (χ3n) is 3.96. The number of imidazole rings is 1. The summed E-state index contributed by atoms with van der Waals surface area (Å²) >= 11 is 5.06. The highest BCUT2D eigenvalue weighted by atomic mass is 79.9. The fourth-order valence-electron chi connectivity index (χ4n) is 2.73. The summed E-state index contributed by atoms with van der Waals surface area (Å²) in [6.45, 7) is 8.33. The van der Waals surface area contributed by atoms with E-state index < -0.39 is 0 Å². The van der Waals surface area contributed by atoms with Crippen molar-refractivity contribution in [3.8, 4) is 11.5 Å². The van der Waals surface area contributed by atoms with Crippen molar-refractivity contribution >= 4 is 45.4 Å². The lowest BCUT2D eigenvalue weighted by molar-refractivity contribution is -0.118. The summed E-state index contributed by atoms with van der Waals surface area (Å²) in [5.41, 5.74) is 6.67. The maximum Gasteiger partial charge on any atom is 0.231 e. The first kappa shape index (κ1) is 20.3. The minimum atomic E-state index is -0.0797. The van der Waals surface area contributed by atoms with E-state index in [9.17, 15) is 4.79 Å². The summed E-state index contributed by atoms with van der Waals surface area (Å²) in [7, 11) is 0. The van der Waals surface area contributed by atoms with Crippen LogP contribution < -0.4 is 31.2 Å². The number of benzene rings is 1. The van der Waals surface area contributed by atoms with Crippen molar-refractivity contribution in [3.05, 3.63) is 40.0 Å². The van der Waals surface area contributed by atoms with E-state index in [1.165, 1.54) is 18.7 Å². The Morgan fingerprint density at radius 3 is 2.79 bits per heavy atom. The first-order valence-corrected chi connectivity index (χ1v) is 10.2. The molecule has 0 fully saturated rings. The highest BCUT2D eigenvalue weighted by Crippen LogP contribution is 2.42. The molecule has 0 saturated carbocycles. The number of aromatic nitrogens is 2. The van der Waals surface area contributed by atoms with Crippen molar-refractivity contribution in [2.45, 2.75) is 30.4 Å². The van der Waals surface area contributed by atoms with Gasteiger partial charge in [-0.2, -0.15) is 0 Å². The molecule has 1 aliphatic rings. The van der Waals surface area contributed by atoms with Crippen LogP contribution in [0.15, 0.2) is 39.3 Å². The Hall–Kier alpha value is -2.39. The predicted molar refractivity (Wildman–Crippen MR) is 112 cm³/mol. The van der Waals surface area contributed by atoms with Gasteiger partial charge in [0.15, 0.2) is 16.7 Å². The SMILES string of the molecule is C=C/C=c1\c(=C(/C)N)nc(Sc2cc3c(cc2Br)OCO3)n1CCNC(C)=O. The molecule has 0 spiro atoms. The van der Waals surface area contributed by atoms with Crippen molar-refractivity contribution in [3.63, 3.8) is 0 Å². The number of hydrogen-bond donors (Lipinski definition) is 2. The van der Waals surface area contributed by atoms with Crippen LogP contribution in [0, 0.1) is 0 Å². The number of rotatable bonds is 6. The van der Waals surface area contributed by atoms with E-state index >= 15 is 0 Å². The quantitative estimate of drug-likeness (QED) is 0.675. The van der Waals surface area contributed by atoms with Crippen LogP contribution in [0.1, 0.15) is 13.8 Å². The molecule has 9 heteroatoms. The fraction of sp³-hybridized carbons (Fsp3) is 0.263. The second-order valence-electron chi connectivity index (χ2n) is 6.09. The lowest BCUT2D eigenvalue weighted by Crippen LogP contribution is -2.35. The van der Waals surface area contributed by atoms with Crippen LogP contribution >= 0.6 is 27.7 Å². The maximum absolute atomic E-state index is 11.3. The van der Waals surface area contributed by atoms with Crippen LogP contribution in [0.3, 0.4) is 0 Å². The van der Waals surface area contributed by atoms with Crippen LogP contribution in [0.2, 0.25) is 0 Å². The Morgan fingerprint density at radius 1 is 1.43 bits per heavy atom. The van der Waals surface area contributed by atoms with Gasteiger partial charge in [0.2, 0.25) is 12.7 Å². The van der Waals surface area contributed by atoms with Gasteiger partial charge in [-0.25, -0.2) is 4.98 Å². The second kappa shape index (κ2) is 8.74. The third-order valence-corrected chi connectivity index (χ3v) is 5.93. The van der Waals surface area contributed by atoms with Crippen molar-refractivity contribution in [2.75, 3.05) is 13.3 Å². The number of carbonyl (C=O) groups is 1. The molecule has 7 nitrogen and oxygen atoms in total. The summed E-state index contributed by atoms with van der Waals surface area (Å²) in [6.07, 6.45) is 3.56. The molecule has 3 rings (SSSR count). The number of halogens is 1. The zero-order chi connectivity index (χ0) is 20.3. The summed E-state index contributed by atoms with van der Waals surface area (Å²) in [4.78, 5) is 16.9. The molecule has 28 heavy (non-hydrogen) atoms. The Bertz CT molecular complexity index is 1040. The molecule has 0 atom stereocenters. The van der Waals surface area contributed by atoms with E-state index in [2.05, 4.69) is 27.8 Å². The molecular formula is C19H21BrN4O3S. The number of nitrogens with zero attached hydrogens (tertiary/aromatic N) is 2. The van der Waals surface area contributed by atoms with Crippen molar-refractivity contribution in [1.82, 2.24) is 14.9 Å². The molecule has 1 amide bonds. The van der Waals surface area contributed by atoms with E-state index in [0.29, 0.717) is 35.6 Å². The Morgan fingerprint density at radius 2 is 2.14 bits per heavy atom. The summed E-state index contributed by atoms with van der Waals surface area (Å²) in [6, 6.07) is 3.80. The molecular weight excluding hydrogens is 444 g/mol. The van der Waals surface area contributed by atoms with E-state index in [0.717, 1.165) is 19.9 Å². The van der Waals surface area contributed by atoms with Gasteiger partial charge in [-0.3, -0.25) is 4.79 Å². The molecule has 3 N–H and O–H groups in total. The molecule has 0 saturated heterocycles. The zero-order valence-electron chi connectivity index (χ0n) is 15.6. The molecule has 1 aliphatic heterocycles. The third kappa shape index (κ3) is 4.36. The van der Waals surface area contributed by atoms with Gasteiger partial charge in [-0.05, 0) is 41.1 Å². The molecule has 2 heterocycles. The van der Waals surface area contributed by atoms with E-state index in [1.54, 1.807) is 6.08 Å². The van der Waals surface area contributed by atoms with Gasteiger partial charge in [0, 0.05) is 35.1 Å². The summed E-state index contributed by atoms with van der Waals surface area (Å²) < 4.78 is 13.8. The Balaban J connectivity index is 2.06. The number of fused-ring (bicyclic) bond motifs is 1. The van der Waals surface area contributed by atoms with Crippen LogP contribution in [-0.2, 0) is 11.3 Å².